The van der Waals surface area contributed by atoms with Crippen molar-refractivity contribution in [2.75, 3.05) is 0 Å². The lowest BCUT2D eigenvalue weighted by atomic mass is 10.3. The number of hydrogen-bond donors (Lipinski definition) is 3. The van der Waals surface area contributed by atoms with Gasteiger partial charge in [0.05, 0.1) is 11.2 Å². The van der Waals surface area contributed by atoms with Crippen LogP contribution in [-0.4, -0.2) is 29.6 Å². The van der Waals surface area contributed by atoms with Gasteiger partial charge < -0.3 is 5.32 Å². The van der Waals surface area contributed by atoms with Crippen LogP contribution in [0.4, 0.5) is 0 Å². The molecule has 0 amide bonds. The Morgan fingerprint density at radius 2 is 2.10 bits per heavy atom. The quantitative estimate of drug-likeness (QED) is 0.707. The lowest BCUT2D eigenvalue weighted by Crippen LogP contribution is -2.27. The molecule has 3 N–H and O–H groups in total. The number of aromatic amines is 1. The first-order valence-electron chi connectivity index (χ1n) is 6.55. The molecule has 0 aromatic carbocycles. The Morgan fingerprint density at radius 1 is 1.33 bits per heavy atom. The lowest BCUT2D eigenvalue weighted by Gasteiger charge is -2.09. The summed E-state index contributed by atoms with van der Waals surface area (Å²) < 4.78 is 27.2. The normalized spacial score (nSPS) is 12.2. The van der Waals surface area contributed by atoms with E-state index in [0.29, 0.717) is 12.1 Å². The van der Waals surface area contributed by atoms with Crippen LogP contribution in [0.25, 0.3) is 0 Å². The summed E-state index contributed by atoms with van der Waals surface area (Å²) in [5, 5.41) is 10.6. The SMILES string of the molecule is Cc1ncc(CNS(=O)(=O)c2[nH]ncc2CNC(C)C)s1. The minimum absolute atomic E-state index is 0.108. The maximum atomic E-state index is 12.3. The summed E-state index contributed by atoms with van der Waals surface area (Å²) in [5.74, 6) is 0. The van der Waals surface area contributed by atoms with E-state index in [1.165, 1.54) is 17.5 Å². The highest BCUT2D eigenvalue weighted by molar-refractivity contribution is 7.89. The fourth-order valence-electron chi connectivity index (χ4n) is 1.70. The second-order valence-electron chi connectivity index (χ2n) is 4.93. The molecule has 21 heavy (non-hydrogen) atoms. The van der Waals surface area contributed by atoms with Gasteiger partial charge in [0, 0.05) is 35.8 Å². The molecule has 0 aliphatic carbocycles. The Morgan fingerprint density at radius 3 is 2.71 bits per heavy atom. The third kappa shape index (κ3) is 4.34. The summed E-state index contributed by atoms with van der Waals surface area (Å²) in [4.78, 5) is 4.97. The minimum Gasteiger partial charge on any atom is -0.310 e. The van der Waals surface area contributed by atoms with Gasteiger partial charge >= 0.3 is 0 Å². The molecule has 0 aliphatic rings. The van der Waals surface area contributed by atoms with Crippen molar-refractivity contribution in [3.63, 3.8) is 0 Å². The monoisotopic (exact) mass is 329 g/mol. The van der Waals surface area contributed by atoms with E-state index in [-0.39, 0.29) is 17.6 Å². The van der Waals surface area contributed by atoms with E-state index in [2.05, 4.69) is 25.2 Å². The number of aryl methyl sites for hydroxylation is 1. The highest BCUT2D eigenvalue weighted by atomic mass is 32.2. The lowest BCUT2D eigenvalue weighted by molar-refractivity contribution is 0.564. The van der Waals surface area contributed by atoms with Crippen LogP contribution in [0.2, 0.25) is 0 Å². The van der Waals surface area contributed by atoms with E-state index in [0.717, 1.165) is 9.88 Å². The highest BCUT2D eigenvalue weighted by Crippen LogP contribution is 2.15. The Kier molecular flexibility index (Phi) is 5.09. The fraction of sp³-hybridized carbons (Fsp3) is 0.500. The first-order chi connectivity index (χ1) is 9.88. The second kappa shape index (κ2) is 6.65. The highest BCUT2D eigenvalue weighted by Gasteiger charge is 2.20. The Bertz CT molecular complexity index is 690. The Labute approximate surface area is 128 Å². The predicted molar refractivity (Wildman–Crippen MR) is 81.4 cm³/mol. The molecule has 0 radical (unpaired) electrons. The van der Waals surface area contributed by atoms with Crippen LogP contribution in [0.15, 0.2) is 17.4 Å². The third-order valence-corrected chi connectivity index (χ3v) is 5.08. The van der Waals surface area contributed by atoms with Crippen LogP contribution >= 0.6 is 11.3 Å². The molecule has 0 spiro atoms. The van der Waals surface area contributed by atoms with Gasteiger partial charge in [-0.25, -0.2) is 18.1 Å². The van der Waals surface area contributed by atoms with Crippen LogP contribution < -0.4 is 10.0 Å². The standard InChI is InChI=1S/C12H19N5O2S2/c1-8(2)13-4-10-5-15-17-12(10)21(18,19)16-7-11-6-14-9(3)20-11/h5-6,8,13,16H,4,7H2,1-3H3,(H,15,17). The van der Waals surface area contributed by atoms with Gasteiger partial charge in [-0.2, -0.15) is 5.10 Å². The summed E-state index contributed by atoms with van der Waals surface area (Å²) in [7, 11) is -3.61. The van der Waals surface area contributed by atoms with Gasteiger partial charge in [0.2, 0.25) is 0 Å². The number of nitrogens with zero attached hydrogens (tertiary/aromatic N) is 2. The fourth-order valence-corrected chi connectivity index (χ4v) is 3.66. The summed E-state index contributed by atoms with van der Waals surface area (Å²) in [5.41, 5.74) is 0.622. The van der Waals surface area contributed by atoms with Crippen molar-refractivity contribution in [3.8, 4) is 0 Å². The van der Waals surface area contributed by atoms with Crippen LogP contribution in [0.1, 0.15) is 29.3 Å². The summed E-state index contributed by atoms with van der Waals surface area (Å²) in [6.07, 6.45) is 3.21. The van der Waals surface area contributed by atoms with Gasteiger partial charge in [-0.1, -0.05) is 13.8 Å². The molecule has 2 aromatic rings. The number of aromatic nitrogens is 3. The molecule has 0 unspecified atom stereocenters. The van der Waals surface area contributed by atoms with Crippen molar-refractivity contribution in [2.24, 2.45) is 0 Å². The molecule has 0 saturated heterocycles. The minimum atomic E-state index is -3.61. The van der Waals surface area contributed by atoms with Crippen LogP contribution in [-0.2, 0) is 23.1 Å². The predicted octanol–water partition coefficient (Wildman–Crippen LogP) is 1.15. The van der Waals surface area contributed by atoms with Gasteiger partial charge in [0.1, 0.15) is 0 Å². The number of hydrogen-bond acceptors (Lipinski definition) is 6. The van der Waals surface area contributed by atoms with Gasteiger partial charge in [-0.15, -0.1) is 11.3 Å². The first kappa shape index (κ1) is 16.1. The molecule has 9 heteroatoms. The molecule has 0 saturated carbocycles. The zero-order chi connectivity index (χ0) is 15.5. The van der Waals surface area contributed by atoms with E-state index < -0.39 is 10.0 Å². The molecule has 0 atom stereocenters. The van der Waals surface area contributed by atoms with Crippen LogP contribution in [0.3, 0.4) is 0 Å². The topological polar surface area (TPSA) is 99.8 Å². The molecule has 2 rings (SSSR count). The summed E-state index contributed by atoms with van der Waals surface area (Å²) in [6.45, 7) is 6.55. The van der Waals surface area contributed by atoms with Crippen molar-refractivity contribution in [1.29, 1.82) is 0 Å². The van der Waals surface area contributed by atoms with Gasteiger partial charge in [-0.05, 0) is 6.92 Å². The molecule has 7 nitrogen and oxygen atoms in total. The molecular weight excluding hydrogens is 310 g/mol. The van der Waals surface area contributed by atoms with Crippen molar-refractivity contribution < 1.29 is 8.42 Å². The number of rotatable bonds is 7. The van der Waals surface area contributed by atoms with Crippen molar-refractivity contribution in [1.82, 2.24) is 25.2 Å². The molecule has 0 bridgehead atoms. The zero-order valence-corrected chi connectivity index (χ0v) is 13.8. The second-order valence-corrected chi connectivity index (χ2v) is 7.95. The van der Waals surface area contributed by atoms with Crippen molar-refractivity contribution >= 4 is 21.4 Å². The maximum absolute atomic E-state index is 12.3. The van der Waals surface area contributed by atoms with Gasteiger partial charge in [0.15, 0.2) is 5.03 Å². The Hall–Kier alpha value is -1.29. The number of nitrogens with one attached hydrogen (secondary N) is 3. The van der Waals surface area contributed by atoms with E-state index in [4.69, 9.17) is 0 Å². The van der Waals surface area contributed by atoms with Crippen molar-refractivity contribution in [3.05, 3.63) is 27.8 Å². The number of thiazole rings is 1. The summed E-state index contributed by atoms with van der Waals surface area (Å²) in [6, 6.07) is 0.267. The number of H-pyrrole nitrogens is 1. The molecule has 2 heterocycles. The average molecular weight is 329 g/mol. The largest absolute Gasteiger partial charge is 0.310 e. The average Bonchev–Trinajstić information content (AvgIpc) is 3.03. The maximum Gasteiger partial charge on any atom is 0.258 e. The molecule has 0 fully saturated rings. The first-order valence-corrected chi connectivity index (χ1v) is 8.85. The van der Waals surface area contributed by atoms with E-state index in [1.807, 2.05) is 20.8 Å². The smallest absolute Gasteiger partial charge is 0.258 e. The number of sulfonamides is 1. The van der Waals surface area contributed by atoms with Crippen LogP contribution in [0.5, 0.6) is 0 Å². The molecule has 116 valence electrons. The van der Waals surface area contributed by atoms with E-state index in [9.17, 15) is 8.42 Å². The molecule has 2 aromatic heterocycles. The molecular formula is C12H19N5O2S2. The van der Waals surface area contributed by atoms with Gasteiger partial charge in [0.25, 0.3) is 10.0 Å². The molecule has 0 aliphatic heterocycles. The third-order valence-electron chi connectivity index (χ3n) is 2.75. The van der Waals surface area contributed by atoms with Gasteiger partial charge in [-0.3, -0.25) is 5.10 Å². The summed E-state index contributed by atoms with van der Waals surface area (Å²) >= 11 is 1.47. The Balaban J connectivity index is 2.07. The van der Waals surface area contributed by atoms with Crippen molar-refractivity contribution in [2.45, 2.75) is 44.9 Å². The van der Waals surface area contributed by atoms with E-state index >= 15 is 0 Å². The van der Waals surface area contributed by atoms with Crippen LogP contribution in [0, 0.1) is 6.92 Å². The zero-order valence-electron chi connectivity index (χ0n) is 12.2. The van der Waals surface area contributed by atoms with E-state index in [1.54, 1.807) is 6.20 Å².